The molecule has 0 unspecified atom stereocenters. The van der Waals surface area contributed by atoms with Crippen LogP contribution in [0.2, 0.25) is 0 Å². The van der Waals surface area contributed by atoms with E-state index in [9.17, 15) is 9.59 Å². The van der Waals surface area contributed by atoms with Gasteiger partial charge in [0.05, 0.1) is 12.7 Å². The molecule has 2 N–H and O–H groups in total. The standard InChI is InChI=1S/C24H36N6O2/c1-18(2)21-7-5-20(6-8-21)17-30-22(9-10-26-30)27-24(32)23(31)25-15-19(3)16-29-13-11-28(4)12-14-29/h5-10,18-19H,11-17H2,1-4H3,(H,25,31)(H,27,32)/t19-/m0/s1. The van der Waals surface area contributed by atoms with Crippen LogP contribution in [-0.4, -0.2) is 77.7 Å². The van der Waals surface area contributed by atoms with E-state index in [2.05, 4.69) is 77.6 Å². The largest absolute Gasteiger partial charge is 0.348 e. The zero-order chi connectivity index (χ0) is 23.1. The minimum absolute atomic E-state index is 0.273. The Hall–Kier alpha value is -2.71. The molecule has 0 radical (unpaired) electrons. The second kappa shape index (κ2) is 11.2. The van der Waals surface area contributed by atoms with Crippen LogP contribution in [0.3, 0.4) is 0 Å². The predicted octanol–water partition coefficient (Wildman–Crippen LogP) is 1.99. The van der Waals surface area contributed by atoms with Gasteiger partial charge < -0.3 is 20.4 Å². The van der Waals surface area contributed by atoms with Crippen LogP contribution in [0.1, 0.15) is 37.8 Å². The minimum Gasteiger partial charge on any atom is -0.348 e. The Labute approximate surface area is 191 Å². The first-order valence-corrected chi connectivity index (χ1v) is 11.4. The van der Waals surface area contributed by atoms with Crippen molar-refractivity contribution in [1.29, 1.82) is 0 Å². The van der Waals surface area contributed by atoms with Crippen molar-refractivity contribution in [3.8, 4) is 0 Å². The molecule has 0 aliphatic carbocycles. The van der Waals surface area contributed by atoms with Gasteiger partial charge in [0.2, 0.25) is 0 Å². The Morgan fingerprint density at radius 1 is 1.00 bits per heavy atom. The number of aromatic nitrogens is 2. The van der Waals surface area contributed by atoms with Gasteiger partial charge in [-0.3, -0.25) is 9.59 Å². The van der Waals surface area contributed by atoms with Crippen molar-refractivity contribution in [2.75, 3.05) is 51.6 Å². The molecular weight excluding hydrogens is 404 g/mol. The first kappa shape index (κ1) is 23.9. The number of hydrogen-bond acceptors (Lipinski definition) is 5. The van der Waals surface area contributed by atoms with E-state index in [0.717, 1.165) is 38.3 Å². The van der Waals surface area contributed by atoms with Gasteiger partial charge in [0.15, 0.2) is 0 Å². The molecule has 8 heteroatoms. The molecule has 2 aromatic rings. The number of anilines is 1. The average Bonchev–Trinajstić information content (AvgIpc) is 3.20. The first-order chi connectivity index (χ1) is 15.3. The van der Waals surface area contributed by atoms with Crippen molar-refractivity contribution >= 4 is 17.6 Å². The second-order valence-electron chi connectivity index (χ2n) is 9.14. The zero-order valence-electron chi connectivity index (χ0n) is 19.7. The number of rotatable bonds is 8. The van der Waals surface area contributed by atoms with Crippen molar-refractivity contribution in [3.05, 3.63) is 47.7 Å². The van der Waals surface area contributed by atoms with Gasteiger partial charge in [-0.1, -0.05) is 45.0 Å². The molecule has 174 valence electrons. The fourth-order valence-electron chi connectivity index (χ4n) is 3.80. The summed E-state index contributed by atoms with van der Waals surface area (Å²) in [6.45, 7) is 12.5. The van der Waals surface area contributed by atoms with Gasteiger partial charge in [0, 0.05) is 45.3 Å². The summed E-state index contributed by atoms with van der Waals surface area (Å²) in [4.78, 5) is 29.4. The highest BCUT2D eigenvalue weighted by molar-refractivity contribution is 6.39. The molecular formula is C24H36N6O2. The normalized spacial score (nSPS) is 16.2. The molecule has 1 saturated heterocycles. The molecule has 0 saturated carbocycles. The first-order valence-electron chi connectivity index (χ1n) is 11.4. The molecule has 1 fully saturated rings. The smallest absolute Gasteiger partial charge is 0.314 e. The van der Waals surface area contributed by atoms with Crippen LogP contribution in [0, 0.1) is 5.92 Å². The van der Waals surface area contributed by atoms with Gasteiger partial charge in [-0.15, -0.1) is 0 Å². The predicted molar refractivity (Wildman–Crippen MR) is 127 cm³/mol. The van der Waals surface area contributed by atoms with E-state index < -0.39 is 11.8 Å². The summed E-state index contributed by atoms with van der Waals surface area (Å²) in [7, 11) is 2.13. The lowest BCUT2D eigenvalue weighted by molar-refractivity contribution is -0.136. The molecule has 3 rings (SSSR count). The lowest BCUT2D eigenvalue weighted by Gasteiger charge is -2.33. The minimum atomic E-state index is -0.672. The maximum atomic E-state index is 12.4. The maximum absolute atomic E-state index is 12.4. The summed E-state index contributed by atoms with van der Waals surface area (Å²) >= 11 is 0. The summed E-state index contributed by atoms with van der Waals surface area (Å²) < 4.78 is 1.69. The molecule has 2 heterocycles. The molecule has 1 aliphatic heterocycles. The molecule has 1 atom stereocenters. The third-order valence-electron chi connectivity index (χ3n) is 5.92. The number of likely N-dealkylation sites (N-methyl/N-ethyl adjacent to an activating group) is 1. The van der Waals surface area contributed by atoms with Gasteiger partial charge in [0.1, 0.15) is 5.82 Å². The number of nitrogens with zero attached hydrogens (tertiary/aromatic N) is 4. The summed E-state index contributed by atoms with van der Waals surface area (Å²) in [6.07, 6.45) is 1.62. The Morgan fingerprint density at radius 2 is 1.69 bits per heavy atom. The highest BCUT2D eigenvalue weighted by atomic mass is 16.2. The molecule has 1 aliphatic rings. The number of nitrogens with one attached hydrogen (secondary N) is 2. The highest BCUT2D eigenvalue weighted by Crippen LogP contribution is 2.16. The molecule has 8 nitrogen and oxygen atoms in total. The molecule has 32 heavy (non-hydrogen) atoms. The fraction of sp³-hybridized carbons (Fsp3) is 0.542. The van der Waals surface area contributed by atoms with Crippen LogP contribution < -0.4 is 10.6 Å². The van der Waals surface area contributed by atoms with E-state index >= 15 is 0 Å². The number of piperazine rings is 1. The van der Waals surface area contributed by atoms with E-state index in [1.807, 2.05) is 0 Å². The van der Waals surface area contributed by atoms with Crippen LogP contribution >= 0.6 is 0 Å². The lowest BCUT2D eigenvalue weighted by atomic mass is 10.0. The van der Waals surface area contributed by atoms with E-state index in [1.54, 1.807) is 16.9 Å². The fourth-order valence-corrected chi connectivity index (χ4v) is 3.80. The van der Waals surface area contributed by atoms with E-state index in [4.69, 9.17) is 0 Å². The summed E-state index contributed by atoms with van der Waals surface area (Å²) in [5.41, 5.74) is 2.36. The molecule has 0 bridgehead atoms. The van der Waals surface area contributed by atoms with Crippen LogP contribution in [0.4, 0.5) is 5.82 Å². The SMILES string of the molecule is CC(C)c1ccc(Cn2nccc2NC(=O)C(=O)NC[C@H](C)CN2CCN(C)CC2)cc1. The van der Waals surface area contributed by atoms with Crippen LogP contribution in [-0.2, 0) is 16.1 Å². The molecule has 2 amide bonds. The van der Waals surface area contributed by atoms with Crippen molar-refractivity contribution in [2.45, 2.75) is 33.2 Å². The quantitative estimate of drug-likeness (QED) is 0.614. The van der Waals surface area contributed by atoms with Crippen LogP contribution in [0.25, 0.3) is 0 Å². The molecule has 0 spiro atoms. The zero-order valence-corrected chi connectivity index (χ0v) is 19.7. The molecule has 1 aromatic heterocycles. The number of benzene rings is 1. The third-order valence-corrected chi connectivity index (χ3v) is 5.92. The maximum Gasteiger partial charge on any atom is 0.314 e. The topological polar surface area (TPSA) is 82.5 Å². The van der Waals surface area contributed by atoms with E-state index in [1.165, 1.54) is 5.56 Å². The summed E-state index contributed by atoms with van der Waals surface area (Å²) in [5, 5.41) is 9.73. The van der Waals surface area contributed by atoms with Gasteiger partial charge in [0.25, 0.3) is 0 Å². The third kappa shape index (κ3) is 6.90. The lowest BCUT2D eigenvalue weighted by Crippen LogP contribution is -2.47. The molecule has 1 aromatic carbocycles. The van der Waals surface area contributed by atoms with Crippen molar-refractivity contribution in [1.82, 2.24) is 24.9 Å². The Kier molecular flexibility index (Phi) is 8.41. The van der Waals surface area contributed by atoms with Crippen molar-refractivity contribution in [2.24, 2.45) is 5.92 Å². The van der Waals surface area contributed by atoms with Crippen LogP contribution in [0.15, 0.2) is 36.5 Å². The Bertz CT molecular complexity index is 884. The van der Waals surface area contributed by atoms with Crippen LogP contribution in [0.5, 0.6) is 0 Å². The monoisotopic (exact) mass is 440 g/mol. The number of carbonyl (C=O) groups excluding carboxylic acids is 2. The van der Waals surface area contributed by atoms with Gasteiger partial charge >= 0.3 is 11.8 Å². The number of amides is 2. The number of carbonyl (C=O) groups is 2. The van der Waals surface area contributed by atoms with E-state index in [0.29, 0.717) is 24.8 Å². The summed E-state index contributed by atoms with van der Waals surface area (Å²) in [5.74, 6) is -0.0394. The number of hydrogen-bond donors (Lipinski definition) is 2. The van der Waals surface area contributed by atoms with Crippen molar-refractivity contribution in [3.63, 3.8) is 0 Å². The highest BCUT2D eigenvalue weighted by Gasteiger charge is 2.19. The second-order valence-corrected chi connectivity index (χ2v) is 9.14. The van der Waals surface area contributed by atoms with Gasteiger partial charge in [-0.2, -0.15) is 5.10 Å². The average molecular weight is 441 g/mol. The van der Waals surface area contributed by atoms with E-state index in [-0.39, 0.29) is 5.92 Å². The Balaban J connectivity index is 1.46. The van der Waals surface area contributed by atoms with Gasteiger partial charge in [-0.05, 0) is 30.0 Å². The summed E-state index contributed by atoms with van der Waals surface area (Å²) in [6, 6.07) is 10.1. The Morgan fingerprint density at radius 3 is 2.34 bits per heavy atom. The van der Waals surface area contributed by atoms with Gasteiger partial charge in [-0.25, -0.2) is 4.68 Å². The van der Waals surface area contributed by atoms with Crippen molar-refractivity contribution < 1.29 is 9.59 Å².